The van der Waals surface area contributed by atoms with Crippen molar-refractivity contribution in [1.29, 1.82) is 0 Å². The second-order valence-corrected chi connectivity index (χ2v) is 6.16. The molecule has 0 amide bonds. The van der Waals surface area contributed by atoms with Crippen LogP contribution in [-0.4, -0.2) is 39.3 Å². The Morgan fingerprint density at radius 2 is 2.05 bits per heavy atom. The third-order valence-electron chi connectivity index (χ3n) is 3.95. The van der Waals surface area contributed by atoms with Crippen molar-refractivity contribution in [3.05, 3.63) is 40.6 Å². The van der Waals surface area contributed by atoms with E-state index in [1.807, 2.05) is 0 Å². The summed E-state index contributed by atoms with van der Waals surface area (Å²) in [6.07, 6.45) is -0.588. The van der Waals surface area contributed by atoms with Crippen LogP contribution in [0.1, 0.15) is 13.2 Å². The Kier molecular flexibility index (Phi) is 3.98. The molecule has 7 heteroatoms. The van der Waals surface area contributed by atoms with Crippen LogP contribution in [0.4, 0.5) is 4.39 Å². The standard InChI is InChI=1S/C15H16FNO4S/c1-7-12(18)13(19)15(21-7)17-4-3-8-5-11(22-2)10(16)6-9(8)14(17)20/h3-7,12-13,15,18-19H,1-2H3. The van der Waals surface area contributed by atoms with Crippen molar-refractivity contribution in [2.45, 2.75) is 36.4 Å². The first kappa shape index (κ1) is 15.5. The summed E-state index contributed by atoms with van der Waals surface area (Å²) in [6, 6.07) is 4.48. The maximum absolute atomic E-state index is 13.9. The van der Waals surface area contributed by atoms with Crippen LogP contribution >= 0.6 is 11.8 Å². The number of aliphatic hydroxyl groups is 2. The molecule has 1 aromatic heterocycles. The zero-order chi connectivity index (χ0) is 16.0. The minimum absolute atomic E-state index is 0.211. The van der Waals surface area contributed by atoms with Crippen molar-refractivity contribution < 1.29 is 19.3 Å². The second-order valence-electron chi connectivity index (χ2n) is 5.32. The lowest BCUT2D eigenvalue weighted by Crippen LogP contribution is -2.34. The number of hydrogen-bond acceptors (Lipinski definition) is 5. The molecule has 3 rings (SSSR count). The number of rotatable bonds is 2. The van der Waals surface area contributed by atoms with E-state index in [1.165, 1.54) is 28.6 Å². The fourth-order valence-electron chi connectivity index (χ4n) is 2.67. The zero-order valence-corrected chi connectivity index (χ0v) is 12.9. The number of fused-ring (bicyclic) bond motifs is 1. The molecule has 2 aromatic rings. The van der Waals surface area contributed by atoms with Gasteiger partial charge in [-0.25, -0.2) is 4.39 Å². The Bertz CT molecular complexity index is 778. The topological polar surface area (TPSA) is 71.7 Å². The van der Waals surface area contributed by atoms with Crippen LogP contribution in [0.5, 0.6) is 0 Å². The summed E-state index contributed by atoms with van der Waals surface area (Å²) in [6.45, 7) is 1.62. The molecule has 4 atom stereocenters. The second kappa shape index (κ2) is 5.66. The highest BCUT2D eigenvalue weighted by Gasteiger charge is 2.41. The van der Waals surface area contributed by atoms with Gasteiger partial charge in [-0.1, -0.05) is 0 Å². The van der Waals surface area contributed by atoms with E-state index >= 15 is 0 Å². The van der Waals surface area contributed by atoms with E-state index in [4.69, 9.17) is 4.74 Å². The van der Waals surface area contributed by atoms with Gasteiger partial charge in [-0.05, 0) is 36.8 Å². The van der Waals surface area contributed by atoms with Gasteiger partial charge in [-0.2, -0.15) is 0 Å². The molecule has 1 aliphatic rings. The largest absolute Gasteiger partial charge is 0.388 e. The van der Waals surface area contributed by atoms with Crippen molar-refractivity contribution in [2.75, 3.05) is 6.26 Å². The fourth-order valence-corrected chi connectivity index (χ4v) is 3.17. The van der Waals surface area contributed by atoms with Crippen LogP contribution in [0.15, 0.2) is 34.1 Å². The van der Waals surface area contributed by atoms with Crippen molar-refractivity contribution in [3.8, 4) is 0 Å². The van der Waals surface area contributed by atoms with Gasteiger partial charge >= 0.3 is 0 Å². The number of ether oxygens (including phenoxy) is 1. The van der Waals surface area contributed by atoms with Gasteiger partial charge in [0.2, 0.25) is 0 Å². The molecule has 0 spiro atoms. The van der Waals surface area contributed by atoms with Gasteiger partial charge in [0.15, 0.2) is 6.23 Å². The van der Waals surface area contributed by atoms with Crippen molar-refractivity contribution in [2.24, 2.45) is 0 Å². The molecule has 0 aliphatic carbocycles. The van der Waals surface area contributed by atoms with Gasteiger partial charge < -0.3 is 14.9 Å². The molecule has 0 radical (unpaired) electrons. The van der Waals surface area contributed by atoms with E-state index in [-0.39, 0.29) is 5.39 Å². The number of pyridine rings is 1. The van der Waals surface area contributed by atoms with Gasteiger partial charge in [0.1, 0.15) is 18.0 Å². The predicted octanol–water partition coefficient (Wildman–Crippen LogP) is 1.50. The summed E-state index contributed by atoms with van der Waals surface area (Å²) < 4.78 is 20.6. The number of aromatic nitrogens is 1. The Morgan fingerprint density at radius 1 is 1.32 bits per heavy atom. The summed E-state index contributed by atoms with van der Waals surface area (Å²) >= 11 is 1.27. The van der Waals surface area contributed by atoms with Crippen LogP contribution in [0.25, 0.3) is 10.8 Å². The van der Waals surface area contributed by atoms with Crippen molar-refractivity contribution >= 4 is 22.5 Å². The maximum atomic E-state index is 13.9. The normalized spacial score (nSPS) is 28.4. The molecule has 2 heterocycles. The summed E-state index contributed by atoms with van der Waals surface area (Å²) in [5, 5.41) is 20.6. The third-order valence-corrected chi connectivity index (χ3v) is 4.71. The highest BCUT2D eigenvalue weighted by molar-refractivity contribution is 7.98. The van der Waals surface area contributed by atoms with E-state index in [0.29, 0.717) is 10.3 Å². The lowest BCUT2D eigenvalue weighted by atomic mass is 10.1. The number of thioether (sulfide) groups is 1. The first-order valence-electron chi connectivity index (χ1n) is 6.84. The summed E-state index contributed by atoms with van der Waals surface area (Å²) in [7, 11) is 0. The van der Waals surface area contributed by atoms with E-state index in [1.54, 1.807) is 25.3 Å². The Labute approximate surface area is 130 Å². The SMILES string of the molecule is CSc1cc2ccn(C3OC(C)C(O)C3O)c(=O)c2cc1F. The summed E-state index contributed by atoms with van der Waals surface area (Å²) in [4.78, 5) is 13.0. The van der Waals surface area contributed by atoms with Gasteiger partial charge in [0.25, 0.3) is 5.56 Å². The summed E-state index contributed by atoms with van der Waals surface area (Å²) in [5.41, 5.74) is -0.464. The minimum Gasteiger partial charge on any atom is -0.388 e. The Balaban J connectivity index is 2.13. The Hall–Kier alpha value is -1.41. The highest BCUT2D eigenvalue weighted by Crippen LogP contribution is 2.29. The molecular weight excluding hydrogens is 309 g/mol. The average Bonchev–Trinajstić information content (AvgIpc) is 2.75. The van der Waals surface area contributed by atoms with E-state index in [9.17, 15) is 19.4 Å². The van der Waals surface area contributed by atoms with E-state index in [0.717, 1.165) is 0 Å². The number of halogens is 1. The summed E-state index contributed by atoms with van der Waals surface area (Å²) in [5.74, 6) is -0.462. The molecule has 1 saturated heterocycles. The molecule has 1 aromatic carbocycles. The fraction of sp³-hybridized carbons (Fsp3) is 0.400. The number of nitrogens with zero attached hydrogens (tertiary/aromatic N) is 1. The van der Waals surface area contributed by atoms with Gasteiger partial charge in [0, 0.05) is 11.1 Å². The Morgan fingerprint density at radius 3 is 2.64 bits per heavy atom. The first-order chi connectivity index (χ1) is 10.4. The van der Waals surface area contributed by atoms with E-state index in [2.05, 4.69) is 0 Å². The molecule has 2 N–H and O–H groups in total. The number of aliphatic hydroxyl groups excluding tert-OH is 2. The van der Waals surface area contributed by atoms with Crippen LogP contribution < -0.4 is 5.56 Å². The predicted molar refractivity (Wildman–Crippen MR) is 81.5 cm³/mol. The molecule has 0 bridgehead atoms. The molecule has 5 nitrogen and oxygen atoms in total. The van der Waals surface area contributed by atoms with Gasteiger partial charge in [0.05, 0.1) is 11.5 Å². The number of hydrogen-bond donors (Lipinski definition) is 2. The highest BCUT2D eigenvalue weighted by atomic mass is 32.2. The van der Waals surface area contributed by atoms with Crippen LogP contribution in [0, 0.1) is 5.82 Å². The molecule has 1 aliphatic heterocycles. The molecule has 1 fully saturated rings. The van der Waals surface area contributed by atoms with Crippen LogP contribution in [0.3, 0.4) is 0 Å². The molecule has 4 unspecified atom stereocenters. The van der Waals surface area contributed by atoms with Crippen molar-refractivity contribution in [3.63, 3.8) is 0 Å². The molecule has 0 saturated carbocycles. The third kappa shape index (κ3) is 2.34. The number of benzene rings is 1. The smallest absolute Gasteiger partial charge is 0.260 e. The quantitative estimate of drug-likeness (QED) is 0.819. The monoisotopic (exact) mass is 325 g/mol. The first-order valence-corrected chi connectivity index (χ1v) is 8.06. The van der Waals surface area contributed by atoms with Gasteiger partial charge in [-0.3, -0.25) is 9.36 Å². The lowest BCUT2D eigenvalue weighted by molar-refractivity contribution is -0.0339. The van der Waals surface area contributed by atoms with E-state index < -0.39 is 35.9 Å². The van der Waals surface area contributed by atoms with Crippen LogP contribution in [0.2, 0.25) is 0 Å². The van der Waals surface area contributed by atoms with Crippen LogP contribution in [-0.2, 0) is 4.74 Å². The molecule has 118 valence electrons. The van der Waals surface area contributed by atoms with Crippen molar-refractivity contribution in [1.82, 2.24) is 4.57 Å². The zero-order valence-electron chi connectivity index (χ0n) is 12.1. The maximum Gasteiger partial charge on any atom is 0.260 e. The average molecular weight is 325 g/mol. The minimum atomic E-state index is -1.21. The van der Waals surface area contributed by atoms with Gasteiger partial charge in [-0.15, -0.1) is 11.8 Å². The molecular formula is C15H16FNO4S. The molecule has 22 heavy (non-hydrogen) atoms. The lowest BCUT2D eigenvalue weighted by Gasteiger charge is -2.18.